The van der Waals surface area contributed by atoms with E-state index in [0.29, 0.717) is 29.2 Å². The molecule has 0 aliphatic rings. The first-order valence-corrected chi connectivity index (χ1v) is 10.1. The third kappa shape index (κ3) is 4.63. The Balaban J connectivity index is 2.10. The Bertz CT molecular complexity index is 1070. The van der Waals surface area contributed by atoms with Crippen LogP contribution < -0.4 is 10.1 Å². The lowest BCUT2D eigenvalue weighted by atomic mass is 10.2. The van der Waals surface area contributed by atoms with Gasteiger partial charge >= 0.3 is 0 Å². The fourth-order valence-corrected chi connectivity index (χ4v) is 4.33. The molecule has 0 aliphatic heterocycles. The number of ether oxygens (including phenoxy) is 1. The number of fused-ring (bicyclic) bond motifs is 1. The van der Waals surface area contributed by atoms with Gasteiger partial charge in [-0.1, -0.05) is 23.5 Å². The number of hydrogen-bond donors (Lipinski definition) is 1. The summed E-state index contributed by atoms with van der Waals surface area (Å²) in [6, 6.07) is 13.0. The molecule has 6 nitrogen and oxygen atoms in total. The second kappa shape index (κ2) is 8.77. The molecule has 0 unspecified atom stereocenters. The van der Waals surface area contributed by atoms with Crippen molar-refractivity contribution in [1.29, 1.82) is 0 Å². The molecule has 2 aromatic carbocycles. The summed E-state index contributed by atoms with van der Waals surface area (Å²) in [4.78, 5) is 29.0. The van der Waals surface area contributed by atoms with E-state index in [2.05, 4.69) is 32.9 Å². The number of methoxy groups -OCH3 is 1. The van der Waals surface area contributed by atoms with E-state index in [4.69, 9.17) is 4.74 Å². The number of thiazole rings is 1. The summed E-state index contributed by atoms with van der Waals surface area (Å²) in [7, 11) is 1.64. The van der Waals surface area contributed by atoms with Crippen LogP contribution in [0.4, 0.5) is 5.69 Å². The van der Waals surface area contributed by atoms with Crippen LogP contribution in [-0.2, 0) is 16.1 Å². The molecule has 8 heteroatoms. The lowest BCUT2D eigenvalue weighted by Gasteiger charge is -2.06. The molecule has 1 aromatic heterocycles. The summed E-state index contributed by atoms with van der Waals surface area (Å²) in [5, 5.41) is 2.78. The molecule has 3 aromatic rings. The zero-order chi connectivity index (χ0) is 19.4. The van der Waals surface area contributed by atoms with Crippen molar-refractivity contribution in [2.45, 2.75) is 13.5 Å². The molecular weight excluding hydrogens is 477 g/mol. The minimum atomic E-state index is -0.278. The number of nitrogens with one attached hydrogen (secondary N) is 1. The van der Waals surface area contributed by atoms with Crippen LogP contribution in [0, 0.1) is 3.57 Å². The maximum Gasteiger partial charge on any atom is 0.280 e. The Labute approximate surface area is 174 Å². The molecule has 0 bridgehead atoms. The minimum absolute atomic E-state index is 0.128. The first-order chi connectivity index (χ1) is 13.0. The number of anilines is 1. The van der Waals surface area contributed by atoms with E-state index in [1.165, 1.54) is 18.3 Å². The molecular formula is C19H18IN3O3S. The van der Waals surface area contributed by atoms with E-state index >= 15 is 0 Å². The van der Waals surface area contributed by atoms with Gasteiger partial charge in [0, 0.05) is 29.8 Å². The predicted molar refractivity (Wildman–Crippen MR) is 115 cm³/mol. The van der Waals surface area contributed by atoms with Gasteiger partial charge in [-0.3, -0.25) is 9.59 Å². The van der Waals surface area contributed by atoms with E-state index < -0.39 is 0 Å². The van der Waals surface area contributed by atoms with Crippen LogP contribution >= 0.6 is 33.9 Å². The summed E-state index contributed by atoms with van der Waals surface area (Å²) in [6.07, 6.45) is 0. The molecule has 1 N–H and O–H groups in total. The van der Waals surface area contributed by atoms with Crippen LogP contribution in [0.15, 0.2) is 47.5 Å². The molecule has 2 amide bonds. The molecule has 0 atom stereocenters. The van der Waals surface area contributed by atoms with Gasteiger partial charge in [0.1, 0.15) is 0 Å². The Morgan fingerprint density at radius 1 is 1.26 bits per heavy atom. The highest BCUT2D eigenvalue weighted by molar-refractivity contribution is 14.1. The Hall–Kier alpha value is -2.04. The molecule has 0 aliphatic carbocycles. The third-order valence-corrected chi connectivity index (χ3v) is 5.81. The largest absolute Gasteiger partial charge is 0.383 e. The molecule has 0 spiro atoms. The summed E-state index contributed by atoms with van der Waals surface area (Å²) in [5.41, 5.74) is 2.24. The number of carbonyl (C=O) groups is 2. The molecule has 0 fully saturated rings. The predicted octanol–water partition coefficient (Wildman–Crippen LogP) is 3.65. The van der Waals surface area contributed by atoms with Crippen LogP contribution in [0.5, 0.6) is 0 Å². The molecule has 140 valence electrons. The summed E-state index contributed by atoms with van der Waals surface area (Å²) in [5.74, 6) is -0.406. The number of benzene rings is 2. The summed E-state index contributed by atoms with van der Waals surface area (Å²) in [6.45, 7) is 2.55. The van der Waals surface area contributed by atoms with Gasteiger partial charge < -0.3 is 14.6 Å². The van der Waals surface area contributed by atoms with Gasteiger partial charge in [0.2, 0.25) is 5.91 Å². The quantitative estimate of drug-likeness (QED) is 0.550. The zero-order valence-electron chi connectivity index (χ0n) is 14.9. The standard InChI is InChI=1S/C19H18IN3O3S/c1-12(24)21-13-7-8-16-17(11-13)27-19(23(16)9-10-26-2)22-18(25)14-5-3-4-6-15(14)20/h3-8,11H,9-10H2,1-2H3,(H,21,24). The van der Waals surface area contributed by atoms with Crippen molar-refractivity contribution in [3.8, 4) is 0 Å². The van der Waals surface area contributed by atoms with Crippen LogP contribution in [0.3, 0.4) is 0 Å². The van der Waals surface area contributed by atoms with Gasteiger partial charge in [0.25, 0.3) is 5.91 Å². The normalized spacial score (nSPS) is 11.7. The highest BCUT2D eigenvalue weighted by Gasteiger charge is 2.12. The van der Waals surface area contributed by atoms with E-state index in [1.54, 1.807) is 13.2 Å². The van der Waals surface area contributed by atoms with Gasteiger partial charge in [-0.05, 0) is 52.9 Å². The van der Waals surface area contributed by atoms with E-state index in [1.807, 2.05) is 41.0 Å². The third-order valence-electron chi connectivity index (χ3n) is 3.82. The van der Waals surface area contributed by atoms with Crippen molar-refractivity contribution in [1.82, 2.24) is 4.57 Å². The van der Waals surface area contributed by atoms with Gasteiger partial charge in [0.15, 0.2) is 4.80 Å². The summed E-state index contributed by atoms with van der Waals surface area (Å²) >= 11 is 3.55. The molecule has 0 radical (unpaired) electrons. The average Bonchev–Trinajstić information content (AvgIpc) is 2.95. The highest BCUT2D eigenvalue weighted by Crippen LogP contribution is 2.22. The maximum atomic E-state index is 12.7. The maximum absolute atomic E-state index is 12.7. The number of carbonyl (C=O) groups excluding carboxylic acids is 2. The van der Waals surface area contributed by atoms with Crippen molar-refractivity contribution < 1.29 is 14.3 Å². The summed E-state index contributed by atoms with van der Waals surface area (Å²) < 4.78 is 8.97. The van der Waals surface area contributed by atoms with Crippen LogP contribution in [0.1, 0.15) is 17.3 Å². The van der Waals surface area contributed by atoms with Crippen molar-refractivity contribution in [3.05, 3.63) is 56.4 Å². The van der Waals surface area contributed by atoms with Gasteiger partial charge in [-0.2, -0.15) is 4.99 Å². The number of hydrogen-bond acceptors (Lipinski definition) is 4. The van der Waals surface area contributed by atoms with Crippen LogP contribution in [-0.4, -0.2) is 30.1 Å². The van der Waals surface area contributed by atoms with Gasteiger partial charge in [-0.15, -0.1) is 0 Å². The highest BCUT2D eigenvalue weighted by atomic mass is 127. The van der Waals surface area contributed by atoms with E-state index in [0.717, 1.165) is 13.8 Å². The van der Waals surface area contributed by atoms with Crippen molar-refractivity contribution in [3.63, 3.8) is 0 Å². The molecule has 0 saturated carbocycles. The van der Waals surface area contributed by atoms with E-state index in [9.17, 15) is 9.59 Å². The molecule has 3 rings (SSSR count). The molecule has 0 saturated heterocycles. The van der Waals surface area contributed by atoms with Crippen LogP contribution in [0.25, 0.3) is 10.2 Å². The number of rotatable bonds is 5. The van der Waals surface area contributed by atoms with Gasteiger partial charge in [0.05, 0.1) is 22.4 Å². The molecule has 27 heavy (non-hydrogen) atoms. The first-order valence-electron chi connectivity index (χ1n) is 8.23. The van der Waals surface area contributed by atoms with Crippen molar-refractivity contribution in [2.75, 3.05) is 19.0 Å². The topological polar surface area (TPSA) is 72.7 Å². The number of nitrogens with zero attached hydrogens (tertiary/aromatic N) is 2. The number of aromatic nitrogens is 1. The first kappa shape index (κ1) is 19.7. The SMILES string of the molecule is COCCn1c(=NC(=O)c2ccccc2I)sc2cc(NC(C)=O)ccc21. The fraction of sp³-hybridized carbons (Fsp3) is 0.211. The lowest BCUT2D eigenvalue weighted by Crippen LogP contribution is -2.19. The number of halogens is 1. The average molecular weight is 495 g/mol. The van der Waals surface area contributed by atoms with Crippen LogP contribution in [0.2, 0.25) is 0 Å². The Morgan fingerprint density at radius 3 is 2.74 bits per heavy atom. The monoisotopic (exact) mass is 495 g/mol. The zero-order valence-corrected chi connectivity index (χ0v) is 17.8. The fourth-order valence-electron chi connectivity index (χ4n) is 2.62. The number of amides is 2. The molecule has 1 heterocycles. The second-order valence-corrected chi connectivity index (χ2v) is 7.96. The second-order valence-electron chi connectivity index (χ2n) is 5.79. The minimum Gasteiger partial charge on any atom is -0.383 e. The smallest absolute Gasteiger partial charge is 0.280 e. The Morgan fingerprint density at radius 2 is 2.04 bits per heavy atom. The lowest BCUT2D eigenvalue weighted by molar-refractivity contribution is -0.114. The van der Waals surface area contributed by atoms with E-state index in [-0.39, 0.29) is 11.8 Å². The van der Waals surface area contributed by atoms with Crippen molar-refractivity contribution in [2.24, 2.45) is 4.99 Å². The van der Waals surface area contributed by atoms with Gasteiger partial charge in [-0.25, -0.2) is 0 Å². The van der Waals surface area contributed by atoms with Crippen molar-refractivity contribution >= 4 is 61.6 Å². The Kier molecular flexibility index (Phi) is 6.40.